The molecule has 4 nitrogen and oxygen atoms in total. The lowest BCUT2D eigenvalue weighted by Gasteiger charge is -2.16. The van der Waals surface area contributed by atoms with Gasteiger partial charge in [-0.15, -0.1) is 11.3 Å². The van der Waals surface area contributed by atoms with Crippen LogP contribution in [0.3, 0.4) is 0 Å². The molecule has 0 atom stereocenters. The molecular formula is C16H15BrN2O2S. The number of nitrogens with zero attached hydrogens (tertiary/aromatic N) is 1. The Hall–Kier alpha value is -1.66. The Morgan fingerprint density at radius 3 is 2.91 bits per heavy atom. The molecule has 1 N–H and O–H groups in total. The van der Waals surface area contributed by atoms with Crippen molar-refractivity contribution in [2.75, 3.05) is 11.4 Å². The summed E-state index contributed by atoms with van der Waals surface area (Å²) in [5.74, 6) is 0.0777. The van der Waals surface area contributed by atoms with Crippen LogP contribution in [0.25, 0.3) is 0 Å². The van der Waals surface area contributed by atoms with E-state index in [2.05, 4.69) is 21.2 Å². The Bertz CT molecular complexity index is 714. The van der Waals surface area contributed by atoms with Crippen molar-refractivity contribution < 1.29 is 9.59 Å². The van der Waals surface area contributed by atoms with E-state index in [0.29, 0.717) is 18.5 Å². The number of hydrogen-bond acceptors (Lipinski definition) is 3. The third-order valence-electron chi connectivity index (χ3n) is 3.58. The van der Waals surface area contributed by atoms with Gasteiger partial charge in [0.1, 0.15) is 0 Å². The van der Waals surface area contributed by atoms with E-state index >= 15 is 0 Å². The molecule has 114 valence electrons. The molecule has 6 heteroatoms. The lowest BCUT2D eigenvalue weighted by Crippen LogP contribution is -2.25. The van der Waals surface area contributed by atoms with Crippen LogP contribution in [0.2, 0.25) is 0 Å². The van der Waals surface area contributed by atoms with Gasteiger partial charge in [-0.25, -0.2) is 0 Å². The van der Waals surface area contributed by atoms with E-state index in [1.165, 1.54) is 11.3 Å². The van der Waals surface area contributed by atoms with E-state index in [1.54, 1.807) is 11.0 Å². The fraction of sp³-hybridized carbons (Fsp3) is 0.250. The van der Waals surface area contributed by atoms with Gasteiger partial charge in [0.2, 0.25) is 5.91 Å². The highest BCUT2D eigenvalue weighted by Gasteiger charge is 2.21. The number of anilines is 1. The standard InChI is InChI=1S/C16H15BrN2O2S/c17-14-8-12(10-22-14)16(21)18-9-11-3-1-4-13(7-11)19-6-2-5-15(19)20/h1,3-4,7-8,10H,2,5-6,9H2,(H,18,21). The van der Waals surface area contributed by atoms with Gasteiger partial charge in [0.25, 0.3) is 5.91 Å². The summed E-state index contributed by atoms with van der Waals surface area (Å²) in [5.41, 5.74) is 2.55. The number of halogens is 1. The summed E-state index contributed by atoms with van der Waals surface area (Å²) < 4.78 is 0.937. The Balaban J connectivity index is 1.65. The van der Waals surface area contributed by atoms with Crippen LogP contribution >= 0.6 is 27.3 Å². The second-order valence-electron chi connectivity index (χ2n) is 5.14. The molecule has 1 fully saturated rings. The van der Waals surface area contributed by atoms with Crippen molar-refractivity contribution in [1.29, 1.82) is 0 Å². The maximum atomic E-state index is 12.0. The molecule has 0 aliphatic carbocycles. The van der Waals surface area contributed by atoms with Gasteiger partial charge in [-0.3, -0.25) is 9.59 Å². The molecule has 3 rings (SSSR count). The van der Waals surface area contributed by atoms with Crippen LogP contribution in [0, 0.1) is 0 Å². The van der Waals surface area contributed by atoms with Gasteiger partial charge < -0.3 is 10.2 Å². The van der Waals surface area contributed by atoms with Crippen molar-refractivity contribution in [3.8, 4) is 0 Å². The molecular weight excluding hydrogens is 364 g/mol. The van der Waals surface area contributed by atoms with Gasteiger partial charge in [-0.2, -0.15) is 0 Å². The summed E-state index contributed by atoms with van der Waals surface area (Å²) in [6.45, 7) is 1.22. The van der Waals surface area contributed by atoms with Gasteiger partial charge in [0.15, 0.2) is 0 Å². The summed E-state index contributed by atoms with van der Waals surface area (Å²) in [4.78, 5) is 25.6. The predicted molar refractivity (Wildman–Crippen MR) is 91.2 cm³/mol. The molecule has 22 heavy (non-hydrogen) atoms. The summed E-state index contributed by atoms with van der Waals surface area (Å²) >= 11 is 4.84. The quantitative estimate of drug-likeness (QED) is 0.883. The largest absolute Gasteiger partial charge is 0.348 e. The Morgan fingerprint density at radius 1 is 1.36 bits per heavy atom. The van der Waals surface area contributed by atoms with Gasteiger partial charge in [-0.1, -0.05) is 12.1 Å². The molecule has 1 saturated heterocycles. The molecule has 0 saturated carbocycles. The molecule has 0 bridgehead atoms. The first kappa shape index (κ1) is 15.2. The van der Waals surface area contributed by atoms with E-state index < -0.39 is 0 Å². The van der Waals surface area contributed by atoms with Crippen molar-refractivity contribution in [2.45, 2.75) is 19.4 Å². The van der Waals surface area contributed by atoms with Crippen molar-refractivity contribution in [3.63, 3.8) is 0 Å². The SMILES string of the molecule is O=C(NCc1cccc(N2CCCC2=O)c1)c1csc(Br)c1. The maximum absolute atomic E-state index is 12.0. The number of amides is 2. The van der Waals surface area contributed by atoms with Crippen LogP contribution in [-0.2, 0) is 11.3 Å². The van der Waals surface area contributed by atoms with E-state index in [1.807, 2.05) is 29.6 Å². The maximum Gasteiger partial charge on any atom is 0.252 e. The number of carbonyl (C=O) groups excluding carboxylic acids is 2. The van der Waals surface area contributed by atoms with Crippen molar-refractivity contribution in [3.05, 3.63) is 50.6 Å². The lowest BCUT2D eigenvalue weighted by molar-refractivity contribution is -0.117. The van der Waals surface area contributed by atoms with E-state index in [9.17, 15) is 9.59 Å². The number of hydrogen-bond donors (Lipinski definition) is 1. The third-order valence-corrected chi connectivity index (χ3v) is 5.08. The Morgan fingerprint density at radius 2 is 2.23 bits per heavy atom. The van der Waals surface area contributed by atoms with Gasteiger partial charge in [0, 0.05) is 30.6 Å². The fourth-order valence-electron chi connectivity index (χ4n) is 2.47. The van der Waals surface area contributed by atoms with Gasteiger partial charge >= 0.3 is 0 Å². The molecule has 2 amide bonds. The number of thiophene rings is 1. The number of nitrogens with one attached hydrogen (secondary N) is 1. The first-order valence-corrected chi connectivity index (χ1v) is 8.72. The van der Waals surface area contributed by atoms with Crippen molar-refractivity contribution in [1.82, 2.24) is 5.32 Å². The summed E-state index contributed by atoms with van der Waals surface area (Å²) in [5, 5.41) is 4.72. The topological polar surface area (TPSA) is 49.4 Å². The van der Waals surface area contributed by atoms with Crippen LogP contribution in [0.15, 0.2) is 39.5 Å². The zero-order valence-corrected chi connectivity index (χ0v) is 14.2. The summed E-state index contributed by atoms with van der Waals surface area (Å²) in [7, 11) is 0. The number of carbonyl (C=O) groups is 2. The molecule has 1 aliphatic rings. The fourth-order valence-corrected chi connectivity index (χ4v) is 3.61. The van der Waals surface area contributed by atoms with Crippen molar-refractivity contribution >= 4 is 44.8 Å². The summed E-state index contributed by atoms with van der Waals surface area (Å²) in [6, 6.07) is 9.58. The molecule has 2 heterocycles. The highest BCUT2D eigenvalue weighted by molar-refractivity contribution is 9.11. The lowest BCUT2D eigenvalue weighted by atomic mass is 10.2. The Kier molecular flexibility index (Phi) is 4.59. The second-order valence-corrected chi connectivity index (χ2v) is 7.43. The van der Waals surface area contributed by atoms with Crippen molar-refractivity contribution in [2.24, 2.45) is 0 Å². The molecule has 0 spiro atoms. The minimum atomic E-state index is -0.0930. The summed E-state index contributed by atoms with van der Waals surface area (Å²) in [6.07, 6.45) is 1.53. The number of rotatable bonds is 4. The van der Waals surface area contributed by atoms with Crippen LogP contribution in [-0.4, -0.2) is 18.4 Å². The normalized spacial score (nSPS) is 14.4. The average Bonchev–Trinajstić information content (AvgIpc) is 3.13. The highest BCUT2D eigenvalue weighted by atomic mass is 79.9. The van der Waals surface area contributed by atoms with Gasteiger partial charge in [-0.05, 0) is 46.1 Å². The van der Waals surface area contributed by atoms with E-state index in [-0.39, 0.29) is 11.8 Å². The molecule has 1 aromatic carbocycles. The van der Waals surface area contributed by atoms with Crippen LogP contribution in [0.5, 0.6) is 0 Å². The van der Waals surface area contributed by atoms with Gasteiger partial charge in [0.05, 0.1) is 9.35 Å². The average molecular weight is 379 g/mol. The molecule has 1 aromatic heterocycles. The third kappa shape index (κ3) is 3.39. The minimum absolute atomic E-state index is 0.0930. The van der Waals surface area contributed by atoms with E-state index in [0.717, 1.165) is 28.0 Å². The monoisotopic (exact) mass is 378 g/mol. The first-order chi connectivity index (χ1) is 10.6. The molecule has 0 radical (unpaired) electrons. The smallest absolute Gasteiger partial charge is 0.252 e. The van der Waals surface area contributed by atoms with Crippen LogP contribution < -0.4 is 10.2 Å². The zero-order chi connectivity index (χ0) is 15.5. The minimum Gasteiger partial charge on any atom is -0.348 e. The predicted octanol–water partition coefficient (Wildman–Crippen LogP) is 3.57. The highest BCUT2D eigenvalue weighted by Crippen LogP contribution is 2.23. The Labute approximate surface area is 141 Å². The number of benzene rings is 1. The zero-order valence-electron chi connectivity index (χ0n) is 11.8. The van der Waals surface area contributed by atoms with Crippen LogP contribution in [0.4, 0.5) is 5.69 Å². The second kappa shape index (κ2) is 6.62. The first-order valence-electron chi connectivity index (χ1n) is 7.05. The molecule has 2 aromatic rings. The van der Waals surface area contributed by atoms with Crippen LogP contribution in [0.1, 0.15) is 28.8 Å². The van der Waals surface area contributed by atoms with E-state index in [4.69, 9.17) is 0 Å². The molecule has 0 unspecified atom stereocenters. The molecule has 1 aliphatic heterocycles.